The van der Waals surface area contributed by atoms with E-state index in [1.807, 2.05) is 36.4 Å². The number of ether oxygens (including phenoxy) is 3. The highest BCUT2D eigenvalue weighted by Gasteiger charge is 2.13. The van der Waals surface area contributed by atoms with E-state index >= 15 is 0 Å². The van der Waals surface area contributed by atoms with Crippen LogP contribution < -0.4 is 19.6 Å². The zero-order valence-corrected chi connectivity index (χ0v) is 19.5. The van der Waals surface area contributed by atoms with Crippen molar-refractivity contribution in [2.24, 2.45) is 5.10 Å². The Morgan fingerprint density at radius 1 is 0.844 bits per heavy atom. The first-order valence-corrected chi connectivity index (χ1v) is 11.6. The molecule has 6 nitrogen and oxygen atoms in total. The largest absolute Gasteiger partial charge is 0.494 e. The minimum atomic E-state index is -0.678. The highest BCUT2D eigenvalue weighted by Crippen LogP contribution is 2.19. The average molecular weight is 441 g/mol. The van der Waals surface area contributed by atoms with Crippen molar-refractivity contribution >= 4 is 12.1 Å². The highest BCUT2D eigenvalue weighted by molar-refractivity contribution is 5.84. The van der Waals surface area contributed by atoms with Crippen LogP contribution in [0.2, 0.25) is 0 Å². The molecule has 32 heavy (non-hydrogen) atoms. The van der Waals surface area contributed by atoms with Gasteiger partial charge in [-0.2, -0.15) is 5.10 Å². The van der Waals surface area contributed by atoms with Crippen LogP contribution >= 0.6 is 0 Å². The molecular weight excluding hydrogens is 404 g/mol. The molecule has 0 aliphatic rings. The average Bonchev–Trinajstić information content (AvgIpc) is 2.81. The second kappa shape index (κ2) is 14.9. The zero-order valence-electron chi connectivity index (χ0n) is 19.5. The van der Waals surface area contributed by atoms with Crippen molar-refractivity contribution < 1.29 is 19.0 Å². The number of hydrogen-bond donors (Lipinski definition) is 1. The van der Waals surface area contributed by atoms with Crippen LogP contribution in [0.4, 0.5) is 0 Å². The van der Waals surface area contributed by atoms with E-state index in [1.165, 1.54) is 19.3 Å². The van der Waals surface area contributed by atoms with Gasteiger partial charge in [0.1, 0.15) is 17.2 Å². The Kier molecular flexibility index (Phi) is 11.7. The summed E-state index contributed by atoms with van der Waals surface area (Å²) in [6.07, 6.45) is 7.69. The molecule has 2 aromatic rings. The zero-order chi connectivity index (χ0) is 23.0. The molecule has 0 aliphatic heterocycles. The fourth-order valence-corrected chi connectivity index (χ4v) is 2.87. The van der Waals surface area contributed by atoms with E-state index in [1.54, 1.807) is 25.3 Å². The lowest BCUT2D eigenvalue weighted by atomic mass is 10.2. The number of amides is 1. The van der Waals surface area contributed by atoms with E-state index in [2.05, 4.69) is 24.4 Å². The van der Waals surface area contributed by atoms with Crippen LogP contribution in [-0.4, -0.2) is 31.4 Å². The van der Waals surface area contributed by atoms with Gasteiger partial charge in [-0.25, -0.2) is 5.43 Å². The molecule has 1 amide bonds. The number of hydrogen-bond acceptors (Lipinski definition) is 5. The second-order valence-corrected chi connectivity index (χ2v) is 7.65. The molecule has 2 rings (SSSR count). The van der Waals surface area contributed by atoms with Crippen molar-refractivity contribution in [3.8, 4) is 17.2 Å². The molecule has 0 aromatic heterocycles. The Morgan fingerprint density at radius 3 is 1.88 bits per heavy atom. The summed E-state index contributed by atoms with van der Waals surface area (Å²) in [6, 6.07) is 14.9. The van der Waals surface area contributed by atoms with Gasteiger partial charge in [-0.15, -0.1) is 0 Å². The van der Waals surface area contributed by atoms with E-state index in [-0.39, 0.29) is 5.91 Å². The third-order valence-corrected chi connectivity index (χ3v) is 4.81. The third kappa shape index (κ3) is 9.86. The van der Waals surface area contributed by atoms with Gasteiger partial charge in [0.2, 0.25) is 0 Å². The Bertz CT molecular complexity index is 804. The maximum Gasteiger partial charge on any atom is 0.280 e. The molecular formula is C26H36N2O4. The lowest BCUT2D eigenvalue weighted by Crippen LogP contribution is -2.33. The van der Waals surface area contributed by atoms with Gasteiger partial charge < -0.3 is 14.2 Å². The van der Waals surface area contributed by atoms with Gasteiger partial charge >= 0.3 is 0 Å². The summed E-state index contributed by atoms with van der Waals surface area (Å²) in [7, 11) is 0. The molecule has 0 unspecified atom stereocenters. The van der Waals surface area contributed by atoms with Crippen LogP contribution in [0.15, 0.2) is 53.6 Å². The summed E-state index contributed by atoms with van der Waals surface area (Å²) in [5.41, 5.74) is 3.38. The van der Waals surface area contributed by atoms with Crippen molar-refractivity contribution in [2.75, 3.05) is 13.2 Å². The lowest BCUT2D eigenvalue weighted by Gasteiger charge is -2.13. The number of unbranched alkanes of at least 4 members (excludes halogenated alkanes) is 4. The fourth-order valence-electron chi connectivity index (χ4n) is 2.87. The minimum Gasteiger partial charge on any atom is -0.494 e. The molecule has 6 heteroatoms. The number of nitrogens with zero attached hydrogens (tertiary/aromatic N) is 1. The molecule has 1 atom stereocenters. The van der Waals surface area contributed by atoms with Gasteiger partial charge in [0.25, 0.3) is 5.91 Å². The molecule has 174 valence electrons. The summed E-state index contributed by atoms with van der Waals surface area (Å²) >= 11 is 0. The molecule has 0 heterocycles. The van der Waals surface area contributed by atoms with Crippen LogP contribution in [0.25, 0.3) is 0 Å². The van der Waals surface area contributed by atoms with E-state index < -0.39 is 6.10 Å². The molecule has 0 fully saturated rings. The maximum absolute atomic E-state index is 12.2. The third-order valence-electron chi connectivity index (χ3n) is 4.81. The fraction of sp³-hybridized carbons (Fsp3) is 0.462. The lowest BCUT2D eigenvalue weighted by molar-refractivity contribution is -0.127. The first-order valence-electron chi connectivity index (χ1n) is 11.6. The Balaban J connectivity index is 1.72. The number of carbonyl (C=O) groups is 1. The summed E-state index contributed by atoms with van der Waals surface area (Å²) in [5.74, 6) is 1.92. The van der Waals surface area contributed by atoms with Gasteiger partial charge in [-0.3, -0.25) is 4.79 Å². The van der Waals surface area contributed by atoms with Crippen LogP contribution in [0.5, 0.6) is 17.2 Å². The number of hydrazone groups is 1. The summed E-state index contributed by atoms with van der Waals surface area (Å²) < 4.78 is 17.1. The summed E-state index contributed by atoms with van der Waals surface area (Å²) in [5, 5.41) is 4.02. The molecule has 0 bridgehead atoms. The topological polar surface area (TPSA) is 69.2 Å². The first-order chi connectivity index (χ1) is 15.6. The van der Waals surface area contributed by atoms with Crippen molar-refractivity contribution in [3.63, 3.8) is 0 Å². The van der Waals surface area contributed by atoms with Crippen molar-refractivity contribution in [2.45, 2.75) is 65.4 Å². The molecule has 2 aromatic carbocycles. The summed E-state index contributed by atoms with van der Waals surface area (Å²) in [4.78, 5) is 12.2. The molecule has 0 radical (unpaired) electrons. The normalized spacial score (nSPS) is 11.8. The van der Waals surface area contributed by atoms with Crippen molar-refractivity contribution in [3.05, 3.63) is 54.1 Å². The Labute approximate surface area is 192 Å². The standard InChI is InChI=1S/C26H36N2O4/c1-4-6-8-18-30-23-12-10-22(11-13-23)20-27-28-26(29)21(3)32-25-16-14-24(15-17-25)31-19-9-7-5-2/h10-17,20-21H,4-9,18-19H2,1-3H3,(H,28,29)/b27-20-/t21-/m0/s1. The number of nitrogens with one attached hydrogen (secondary N) is 1. The van der Waals surface area contributed by atoms with E-state index in [4.69, 9.17) is 14.2 Å². The van der Waals surface area contributed by atoms with Gasteiger partial charge in [-0.05, 0) is 73.9 Å². The maximum atomic E-state index is 12.2. The number of rotatable bonds is 15. The second-order valence-electron chi connectivity index (χ2n) is 7.65. The van der Waals surface area contributed by atoms with Crippen molar-refractivity contribution in [1.29, 1.82) is 0 Å². The van der Waals surface area contributed by atoms with E-state index in [0.717, 1.165) is 42.9 Å². The number of benzene rings is 2. The first kappa shape index (κ1) is 25.2. The quantitative estimate of drug-likeness (QED) is 0.218. The molecule has 1 N–H and O–H groups in total. The Hall–Kier alpha value is -3.02. The predicted octanol–water partition coefficient (Wildman–Crippen LogP) is 5.74. The Morgan fingerprint density at radius 2 is 1.34 bits per heavy atom. The van der Waals surface area contributed by atoms with E-state index in [9.17, 15) is 4.79 Å². The van der Waals surface area contributed by atoms with Gasteiger partial charge in [-0.1, -0.05) is 39.5 Å². The van der Waals surface area contributed by atoms with Crippen LogP contribution in [-0.2, 0) is 4.79 Å². The predicted molar refractivity (Wildman–Crippen MR) is 129 cm³/mol. The van der Waals surface area contributed by atoms with Crippen molar-refractivity contribution in [1.82, 2.24) is 5.43 Å². The number of carbonyl (C=O) groups excluding carboxylic acids is 1. The van der Waals surface area contributed by atoms with Gasteiger partial charge in [0.05, 0.1) is 19.4 Å². The molecule has 0 saturated heterocycles. The van der Waals surface area contributed by atoms with Crippen LogP contribution in [0.3, 0.4) is 0 Å². The summed E-state index contributed by atoms with van der Waals surface area (Å²) in [6.45, 7) is 7.45. The van der Waals surface area contributed by atoms with Gasteiger partial charge in [0, 0.05) is 0 Å². The molecule has 0 spiro atoms. The van der Waals surface area contributed by atoms with E-state index in [0.29, 0.717) is 12.4 Å². The molecule has 0 saturated carbocycles. The monoisotopic (exact) mass is 440 g/mol. The SMILES string of the molecule is CCCCCOc1ccc(/C=N\NC(=O)[C@H](C)Oc2ccc(OCCCCC)cc2)cc1. The smallest absolute Gasteiger partial charge is 0.280 e. The van der Waals surface area contributed by atoms with Gasteiger partial charge in [0.15, 0.2) is 6.10 Å². The highest BCUT2D eigenvalue weighted by atomic mass is 16.5. The molecule has 0 aliphatic carbocycles. The van der Waals surface area contributed by atoms with Crippen LogP contribution in [0, 0.1) is 0 Å². The van der Waals surface area contributed by atoms with Crippen LogP contribution in [0.1, 0.15) is 64.9 Å². The minimum absolute atomic E-state index is 0.322.